The Hall–Kier alpha value is -9.44. The number of hydrogen-bond acceptors (Lipinski definition) is 10. The molecule has 7 aromatic rings. The minimum absolute atomic E-state index is 0.0292. The summed E-state index contributed by atoms with van der Waals surface area (Å²) in [4.78, 5) is 74.8. The third-order valence-electron chi connectivity index (χ3n) is 28.3. The maximum Gasteiger partial charge on any atom is 0.336 e. The number of benzene rings is 4. The van der Waals surface area contributed by atoms with Crippen molar-refractivity contribution in [2.75, 3.05) is 47.4 Å². The molecule has 0 amide bonds. The van der Waals surface area contributed by atoms with E-state index in [0.717, 1.165) is 77.0 Å². The molecule has 4 aromatic carbocycles. The first-order valence-electron chi connectivity index (χ1n) is 55.4. The monoisotopic (exact) mass is 1860 g/mol. The number of carboxylic acids is 4. The molecule has 0 saturated carbocycles. The molecule has 0 spiro atoms. The molecule has 0 radical (unpaired) electrons. The molecule has 0 aliphatic carbocycles. The summed E-state index contributed by atoms with van der Waals surface area (Å²) in [5.74, 6) is -4.59. The number of aromatic carboxylic acids is 4. The lowest BCUT2D eigenvalue weighted by Crippen LogP contribution is -2.06. The van der Waals surface area contributed by atoms with E-state index < -0.39 is 23.9 Å². The average molecular weight is 1860 g/mol. The van der Waals surface area contributed by atoms with E-state index in [0.29, 0.717) is 138 Å². The highest BCUT2D eigenvalue weighted by atomic mass is 16.4. The van der Waals surface area contributed by atoms with Crippen molar-refractivity contribution in [1.29, 1.82) is 0 Å². The van der Waals surface area contributed by atoms with Gasteiger partial charge in [-0.25, -0.2) is 29.1 Å². The minimum atomic E-state index is -1.15. The van der Waals surface area contributed by atoms with Gasteiger partial charge < -0.3 is 51.7 Å². The topological polar surface area (TPSA) is 255 Å². The second kappa shape index (κ2) is 67.0. The summed E-state index contributed by atoms with van der Waals surface area (Å²) in [6, 6.07) is 29.2. The number of carbonyl (C=O) groups is 4. The van der Waals surface area contributed by atoms with Crippen LogP contribution in [0.15, 0.2) is 97.1 Å². The van der Waals surface area contributed by atoms with Crippen LogP contribution in [0.1, 0.15) is 503 Å². The van der Waals surface area contributed by atoms with Crippen molar-refractivity contribution >= 4 is 93.0 Å². The zero-order chi connectivity index (χ0) is 96.0. The third-order valence-corrected chi connectivity index (χ3v) is 28.3. The number of anilines is 4. The first-order valence-corrected chi connectivity index (χ1v) is 55.4. The summed E-state index contributed by atoms with van der Waals surface area (Å²) in [5, 5.41) is 60.3. The number of fused-ring (bicyclic) bond motifs is 8. The SMILES string of the molecule is CCCCCCCCCCCCCCCCCCNc1ccc(-c2c3nc(c(-c4ccc(NCCCCCCCCCCCCCCCCCC)cc4C(=O)O)c4ccc([nH]4)c(-c4ccc(NCCCCCCCCCCCCCCCCCC)cc4C(=O)O)c4nc(c(-c5ccc(NCCCCCCCCCCCCCCCCCC)cc5C(=O)O)c5ccc2[nH]5)C=C4)C=C3)c(C(=O)O)c1. The molecule has 3 aromatic heterocycles. The van der Waals surface area contributed by atoms with Crippen molar-refractivity contribution in [3.05, 3.63) is 142 Å². The van der Waals surface area contributed by atoms with Gasteiger partial charge in [-0.1, -0.05) is 437 Å². The number of hydrogen-bond donors (Lipinski definition) is 10. The number of unbranched alkanes of at least 4 members (excludes halogenated alkanes) is 60. The summed E-state index contributed by atoms with van der Waals surface area (Å²) in [6.45, 7) is 11.8. The Bertz CT molecular complexity index is 4270. The highest BCUT2D eigenvalue weighted by molar-refractivity contribution is 6.09. The Labute approximate surface area is 820 Å². The molecule has 136 heavy (non-hydrogen) atoms. The van der Waals surface area contributed by atoms with E-state index in [9.17, 15) is 39.6 Å². The predicted octanol–water partition coefficient (Wildman–Crippen LogP) is 36.8. The molecule has 10 N–H and O–H groups in total. The third kappa shape index (κ3) is 39.8. The van der Waals surface area contributed by atoms with Gasteiger partial charge >= 0.3 is 23.9 Å². The Balaban J connectivity index is 1.05. The smallest absolute Gasteiger partial charge is 0.336 e. The van der Waals surface area contributed by atoms with Gasteiger partial charge in [-0.3, -0.25) is 0 Å². The molecule has 0 saturated heterocycles. The van der Waals surface area contributed by atoms with Crippen molar-refractivity contribution in [2.24, 2.45) is 0 Å². The number of rotatable bonds is 80. The summed E-state index contributed by atoms with van der Waals surface area (Å²) in [5.41, 5.74) is 9.41. The van der Waals surface area contributed by atoms with Crippen LogP contribution in [-0.4, -0.2) is 90.4 Å². The number of carboxylic acid groups (broad SMARTS) is 4. The van der Waals surface area contributed by atoms with Crippen LogP contribution in [0.2, 0.25) is 0 Å². The maximum absolute atomic E-state index is 14.1. The molecule has 5 heterocycles. The summed E-state index contributed by atoms with van der Waals surface area (Å²) in [6.07, 6.45) is 88.8. The van der Waals surface area contributed by atoms with Crippen molar-refractivity contribution in [1.82, 2.24) is 19.9 Å². The lowest BCUT2D eigenvalue weighted by Gasteiger charge is -2.14. The Morgan fingerprint density at radius 1 is 0.213 bits per heavy atom. The number of aromatic nitrogens is 4. The van der Waals surface area contributed by atoms with Gasteiger partial charge in [0.25, 0.3) is 0 Å². The van der Waals surface area contributed by atoms with E-state index in [1.54, 1.807) is 24.3 Å². The van der Waals surface area contributed by atoms with Crippen LogP contribution in [0.25, 0.3) is 90.9 Å². The second-order valence-corrected chi connectivity index (χ2v) is 39.7. The van der Waals surface area contributed by atoms with Crippen molar-refractivity contribution in [3.63, 3.8) is 0 Å². The average Bonchev–Trinajstić information content (AvgIpc) is 1.60. The van der Waals surface area contributed by atoms with Gasteiger partial charge in [-0.05, 0) is 123 Å². The predicted molar refractivity (Wildman–Crippen MR) is 581 cm³/mol. The molecule has 8 bridgehead atoms. The van der Waals surface area contributed by atoms with Crippen LogP contribution in [0.4, 0.5) is 22.7 Å². The second-order valence-electron chi connectivity index (χ2n) is 39.7. The zero-order valence-electron chi connectivity index (χ0n) is 84.9. The fourth-order valence-electron chi connectivity index (χ4n) is 20.2. The molecular weight excluding hydrogens is 1680 g/mol. The van der Waals surface area contributed by atoms with Gasteiger partial charge in [0, 0.05) is 116 Å². The van der Waals surface area contributed by atoms with E-state index in [1.165, 1.54) is 334 Å². The van der Waals surface area contributed by atoms with Crippen LogP contribution in [-0.2, 0) is 0 Å². The largest absolute Gasteiger partial charge is 0.478 e. The summed E-state index contributed by atoms with van der Waals surface area (Å²) in [7, 11) is 0. The van der Waals surface area contributed by atoms with Gasteiger partial charge in [0.2, 0.25) is 0 Å². The van der Waals surface area contributed by atoms with Crippen molar-refractivity contribution in [3.8, 4) is 44.5 Å². The van der Waals surface area contributed by atoms with Gasteiger partial charge in [-0.2, -0.15) is 0 Å². The van der Waals surface area contributed by atoms with Gasteiger partial charge in [0.1, 0.15) is 0 Å². The van der Waals surface area contributed by atoms with E-state index in [4.69, 9.17) is 9.97 Å². The fraction of sp³-hybridized carbons (Fsp3) is 0.600. The molecular formula is C120H178N8O8. The number of H-pyrrole nitrogens is 2. The van der Waals surface area contributed by atoms with Crippen molar-refractivity contribution in [2.45, 2.75) is 439 Å². The Morgan fingerprint density at radius 2 is 0.360 bits per heavy atom. The molecule has 2 aliphatic heterocycles. The zero-order valence-corrected chi connectivity index (χ0v) is 84.9. The molecule has 0 unspecified atom stereocenters. The van der Waals surface area contributed by atoms with E-state index in [-0.39, 0.29) is 22.3 Å². The number of aromatic amines is 2. The summed E-state index contributed by atoms with van der Waals surface area (Å²) < 4.78 is 0. The van der Waals surface area contributed by atoms with E-state index in [1.807, 2.05) is 97.1 Å². The highest BCUT2D eigenvalue weighted by Gasteiger charge is 2.27. The lowest BCUT2D eigenvalue weighted by atomic mass is 9.97. The molecule has 746 valence electrons. The standard InChI is InChI=1S/C120H178N8O8/c1-5-9-13-17-21-25-29-33-37-41-45-49-53-57-61-65-85-121-93-69-73-97(101(89-93)117(129)130)113-105-77-79-107(125-105)114(98-74-70-94(90-102(98)118(131)132)122-86-66-62-58-54-50-46-42-38-34-30-26-22-18-14-10-6-2)109-81-83-111(127-109)116(100-76-72-96(92-104(100)120(135)136)124-88-68-64-60-56-52-48-44-40-36-32-28-24-20-16-12-8-4)112-84-82-110(128-112)115(108-80-78-106(113)126-108)99-75-71-95(91-103(99)119(133)134)123-87-67-63-59-55-51-47-43-39-35-31-27-23-19-15-11-7-3/h69-84,89-92,121-125,128H,5-68,85-88H2,1-4H3,(H,129,130)(H,131,132)(H,133,134)(H,135,136). The van der Waals surface area contributed by atoms with Gasteiger partial charge in [0.05, 0.1) is 45.0 Å². The molecule has 16 nitrogen and oxygen atoms in total. The molecule has 9 rings (SSSR count). The van der Waals surface area contributed by atoms with Crippen LogP contribution in [0.5, 0.6) is 0 Å². The van der Waals surface area contributed by atoms with E-state index >= 15 is 0 Å². The normalized spacial score (nSPS) is 11.8. The van der Waals surface area contributed by atoms with E-state index in [2.05, 4.69) is 58.9 Å². The van der Waals surface area contributed by atoms with Crippen LogP contribution in [0.3, 0.4) is 0 Å². The van der Waals surface area contributed by atoms with Crippen LogP contribution in [0, 0.1) is 0 Å². The lowest BCUT2D eigenvalue weighted by molar-refractivity contribution is 0.0687. The van der Waals surface area contributed by atoms with Gasteiger partial charge in [-0.15, -0.1) is 0 Å². The Morgan fingerprint density at radius 3 is 0.507 bits per heavy atom. The van der Waals surface area contributed by atoms with Crippen LogP contribution < -0.4 is 21.3 Å². The van der Waals surface area contributed by atoms with Gasteiger partial charge in [0.15, 0.2) is 0 Å². The quantitative estimate of drug-likeness (QED) is 0.0159. The Kier molecular flexibility index (Phi) is 54.3. The molecule has 0 atom stereocenters. The first kappa shape index (κ1) is 110. The van der Waals surface area contributed by atoms with Crippen molar-refractivity contribution < 1.29 is 39.6 Å². The summed E-state index contributed by atoms with van der Waals surface area (Å²) >= 11 is 0. The van der Waals surface area contributed by atoms with Crippen LogP contribution >= 0.6 is 0 Å². The maximum atomic E-state index is 14.1. The highest BCUT2D eigenvalue weighted by Crippen LogP contribution is 2.43. The molecule has 16 heteroatoms. The minimum Gasteiger partial charge on any atom is -0.478 e. The number of nitrogens with one attached hydrogen (secondary N) is 6. The molecule has 0 fully saturated rings. The first-order chi connectivity index (χ1) is 66.8. The number of nitrogens with zero attached hydrogens (tertiary/aromatic N) is 2. The fourth-order valence-corrected chi connectivity index (χ4v) is 20.2. The molecule has 2 aliphatic rings.